The van der Waals surface area contributed by atoms with E-state index >= 15 is 0 Å². The lowest BCUT2D eigenvalue weighted by atomic mass is 10.2. The third-order valence-electron chi connectivity index (χ3n) is 3.15. The molecule has 0 aliphatic rings. The molecule has 0 fully saturated rings. The fourth-order valence-electron chi connectivity index (χ4n) is 1.97. The molecular formula is C17H14Cl5O2Si2. The van der Waals surface area contributed by atoms with Gasteiger partial charge in [-0.25, -0.2) is 0 Å². The third-order valence-corrected chi connectivity index (χ3v) is 7.24. The lowest BCUT2D eigenvalue weighted by Gasteiger charge is -2.08. The van der Waals surface area contributed by atoms with Crippen LogP contribution in [0.2, 0.25) is 18.1 Å². The fraction of sp³-hybridized carbons (Fsp3) is 0.176. The number of rotatable bonds is 5. The zero-order chi connectivity index (χ0) is 19.9. The van der Waals surface area contributed by atoms with Gasteiger partial charge in [0.15, 0.2) is 0 Å². The van der Waals surface area contributed by atoms with Gasteiger partial charge in [0.2, 0.25) is 0 Å². The van der Waals surface area contributed by atoms with Crippen LogP contribution in [0.1, 0.15) is 20.7 Å². The van der Waals surface area contributed by atoms with E-state index < -0.39 is 23.7 Å². The van der Waals surface area contributed by atoms with E-state index in [-0.39, 0.29) is 9.52 Å². The van der Waals surface area contributed by atoms with Crippen molar-refractivity contribution in [3.63, 3.8) is 0 Å². The summed E-state index contributed by atoms with van der Waals surface area (Å²) in [5, 5.41) is 1.41. The van der Waals surface area contributed by atoms with Crippen LogP contribution in [0, 0.1) is 0 Å². The highest BCUT2D eigenvalue weighted by molar-refractivity contribution is 6.78. The first-order chi connectivity index (χ1) is 12.1. The number of benzene rings is 2. The molecule has 9 heteroatoms. The van der Waals surface area contributed by atoms with Gasteiger partial charge >= 0.3 is 0 Å². The van der Waals surface area contributed by atoms with E-state index in [0.717, 1.165) is 10.4 Å². The normalized spacial score (nSPS) is 10.5. The second-order valence-corrected chi connectivity index (χ2v) is 12.0. The molecule has 0 aliphatic carbocycles. The molecule has 0 atom stereocenters. The smallest absolute Gasteiger partial charge is 0.253 e. The van der Waals surface area contributed by atoms with Gasteiger partial charge in [0.05, 0.1) is 23.8 Å². The van der Waals surface area contributed by atoms with Crippen LogP contribution in [-0.4, -0.2) is 33.3 Å². The van der Waals surface area contributed by atoms with Gasteiger partial charge < -0.3 is 0 Å². The lowest BCUT2D eigenvalue weighted by Crippen LogP contribution is -2.25. The SMILES string of the molecule is C[Si](C)c1cccc(C(=O)Cl)c1Cl.O=C(Cl)c1ccccc1[Si]C(Cl)Cl. The van der Waals surface area contributed by atoms with E-state index in [0.29, 0.717) is 16.1 Å². The second kappa shape index (κ2) is 11.5. The van der Waals surface area contributed by atoms with Crippen molar-refractivity contribution in [3.8, 4) is 0 Å². The van der Waals surface area contributed by atoms with E-state index in [2.05, 4.69) is 13.1 Å². The lowest BCUT2D eigenvalue weighted by molar-refractivity contribution is 0.107. The summed E-state index contributed by atoms with van der Waals surface area (Å²) in [7, 11) is -0.462. The van der Waals surface area contributed by atoms with Crippen molar-refractivity contribution in [2.45, 2.75) is 17.6 Å². The van der Waals surface area contributed by atoms with Gasteiger partial charge in [-0.15, -0.1) is 23.2 Å². The fourth-order valence-corrected chi connectivity index (χ4v) is 5.68. The molecule has 2 rings (SSSR count). The molecule has 0 amide bonds. The van der Waals surface area contributed by atoms with E-state index in [1.54, 1.807) is 24.3 Å². The van der Waals surface area contributed by atoms with Crippen molar-refractivity contribution >= 4 is 97.2 Å². The molecule has 3 radical (unpaired) electrons. The Balaban J connectivity index is 0.000000260. The van der Waals surface area contributed by atoms with Crippen LogP contribution in [0.15, 0.2) is 42.5 Å². The Labute approximate surface area is 182 Å². The molecule has 0 saturated carbocycles. The van der Waals surface area contributed by atoms with E-state index in [1.807, 2.05) is 18.2 Å². The molecule has 0 N–H and O–H groups in total. The van der Waals surface area contributed by atoms with Crippen LogP contribution in [-0.2, 0) is 0 Å². The number of alkyl halides is 2. The Morgan fingerprint density at radius 3 is 1.96 bits per heavy atom. The number of hydrogen-bond donors (Lipinski definition) is 0. The quantitative estimate of drug-likeness (QED) is 0.347. The number of carbonyl (C=O) groups excluding carboxylic acids is 2. The van der Waals surface area contributed by atoms with Gasteiger partial charge in [0.25, 0.3) is 10.5 Å². The van der Waals surface area contributed by atoms with E-state index in [1.165, 1.54) is 0 Å². The Kier molecular flexibility index (Phi) is 10.5. The van der Waals surface area contributed by atoms with Gasteiger partial charge in [-0.3, -0.25) is 9.59 Å². The van der Waals surface area contributed by atoms with Crippen LogP contribution in [0.3, 0.4) is 0 Å². The van der Waals surface area contributed by atoms with E-state index in [4.69, 9.17) is 58.0 Å². The topological polar surface area (TPSA) is 34.1 Å². The first kappa shape index (κ1) is 23.7. The van der Waals surface area contributed by atoms with Crippen LogP contribution in [0.5, 0.6) is 0 Å². The van der Waals surface area contributed by atoms with Crippen molar-refractivity contribution in [2.24, 2.45) is 0 Å². The summed E-state index contributed by atoms with van der Waals surface area (Å²) in [5.41, 5.74) is 0.890. The van der Waals surface area contributed by atoms with Crippen molar-refractivity contribution in [2.75, 3.05) is 0 Å². The molecule has 0 aliphatic heterocycles. The van der Waals surface area contributed by atoms with Crippen LogP contribution in [0.4, 0.5) is 0 Å². The van der Waals surface area contributed by atoms with Crippen molar-refractivity contribution < 1.29 is 9.59 Å². The van der Waals surface area contributed by atoms with Gasteiger partial charge in [-0.05, 0) is 39.6 Å². The van der Waals surface area contributed by atoms with Crippen LogP contribution < -0.4 is 10.4 Å². The molecule has 0 saturated heterocycles. The molecule has 0 heterocycles. The number of carbonyl (C=O) groups is 2. The average molecular weight is 484 g/mol. The van der Waals surface area contributed by atoms with Gasteiger partial charge in [0, 0.05) is 5.56 Å². The molecule has 26 heavy (non-hydrogen) atoms. The first-order valence-electron chi connectivity index (χ1n) is 7.27. The molecule has 2 nitrogen and oxygen atoms in total. The minimum Gasteiger partial charge on any atom is -0.276 e. The van der Waals surface area contributed by atoms with Gasteiger partial charge in [-0.2, -0.15) is 0 Å². The second-order valence-electron chi connectivity index (χ2n) is 5.21. The molecule has 2 aromatic rings. The molecule has 137 valence electrons. The Hall–Kier alpha value is -0.336. The summed E-state index contributed by atoms with van der Waals surface area (Å²) < 4.78 is -0.489. The summed E-state index contributed by atoms with van der Waals surface area (Å²) in [6, 6.07) is 12.4. The predicted molar refractivity (Wildman–Crippen MR) is 116 cm³/mol. The van der Waals surface area contributed by atoms with E-state index in [9.17, 15) is 9.59 Å². The molecule has 0 aromatic heterocycles. The summed E-state index contributed by atoms with van der Waals surface area (Å²) in [5.74, 6) is 0. The summed E-state index contributed by atoms with van der Waals surface area (Å²) in [6.07, 6.45) is 0. The Bertz CT molecular complexity index is 781. The van der Waals surface area contributed by atoms with Crippen molar-refractivity contribution in [1.29, 1.82) is 0 Å². The zero-order valence-electron chi connectivity index (χ0n) is 13.8. The minimum absolute atomic E-state index is 0.178. The third kappa shape index (κ3) is 7.35. The monoisotopic (exact) mass is 481 g/mol. The molecule has 2 aromatic carbocycles. The maximum atomic E-state index is 10.9. The minimum atomic E-state index is -0.640. The molecule has 0 spiro atoms. The standard InChI is InChI=1S/C9H9Cl2OSi.C8H5Cl3OSi/c1-13(2)7-5-3-4-6(8(7)10)9(11)12;9-7(12)5-3-1-2-4-6(5)13-8(10)11/h3-5H,1-2H3;1-4,8H. The first-order valence-corrected chi connectivity index (χ1v) is 12.9. The molecular weight excluding hydrogens is 470 g/mol. The van der Waals surface area contributed by atoms with Crippen molar-refractivity contribution in [1.82, 2.24) is 0 Å². The van der Waals surface area contributed by atoms with Crippen LogP contribution >= 0.6 is 58.0 Å². The summed E-state index contributed by atoms with van der Waals surface area (Å²) >= 11 is 28.0. The van der Waals surface area contributed by atoms with Crippen molar-refractivity contribution in [3.05, 3.63) is 58.6 Å². The van der Waals surface area contributed by atoms with Crippen LogP contribution in [0.25, 0.3) is 0 Å². The highest BCUT2D eigenvalue weighted by Gasteiger charge is 2.13. The number of hydrogen-bond acceptors (Lipinski definition) is 2. The summed E-state index contributed by atoms with van der Waals surface area (Å²) in [4.78, 5) is 21.9. The maximum absolute atomic E-state index is 10.9. The Morgan fingerprint density at radius 1 is 0.923 bits per heavy atom. The summed E-state index contributed by atoms with van der Waals surface area (Å²) in [6.45, 7) is 4.24. The number of halogens is 5. The molecule has 0 unspecified atom stereocenters. The zero-order valence-corrected chi connectivity index (χ0v) is 19.6. The maximum Gasteiger partial charge on any atom is 0.253 e. The average Bonchev–Trinajstić information content (AvgIpc) is 2.54. The van der Waals surface area contributed by atoms with Gasteiger partial charge in [0.1, 0.15) is 9.52 Å². The highest BCUT2D eigenvalue weighted by atomic mass is 35.5. The van der Waals surface area contributed by atoms with Gasteiger partial charge in [-0.1, -0.05) is 61.1 Å². The highest BCUT2D eigenvalue weighted by Crippen LogP contribution is 2.16. The Morgan fingerprint density at radius 2 is 1.46 bits per heavy atom. The predicted octanol–water partition coefficient (Wildman–Crippen LogP) is 4.84. The largest absolute Gasteiger partial charge is 0.276 e. The molecule has 0 bridgehead atoms.